The van der Waals surface area contributed by atoms with Crippen molar-refractivity contribution in [2.45, 2.75) is 25.8 Å². The van der Waals surface area contributed by atoms with Crippen LogP contribution in [0.15, 0.2) is 48.7 Å². The van der Waals surface area contributed by atoms with Crippen LogP contribution in [0.3, 0.4) is 0 Å². The highest BCUT2D eigenvalue weighted by molar-refractivity contribution is 6.04. The number of carbonyl (C=O) groups excluding carboxylic acids is 2. The van der Waals surface area contributed by atoms with Gasteiger partial charge in [-0.2, -0.15) is 0 Å². The molecule has 3 aromatic rings. The first-order valence-corrected chi connectivity index (χ1v) is 9.56. The van der Waals surface area contributed by atoms with E-state index < -0.39 is 5.41 Å². The van der Waals surface area contributed by atoms with Gasteiger partial charge in [-0.15, -0.1) is 0 Å². The van der Waals surface area contributed by atoms with Gasteiger partial charge >= 0.3 is 0 Å². The number of aryl methyl sites for hydroxylation is 1. The van der Waals surface area contributed by atoms with Crippen molar-refractivity contribution in [3.05, 3.63) is 65.5 Å². The van der Waals surface area contributed by atoms with Crippen LogP contribution in [-0.2, 0) is 28.6 Å². The minimum Gasteiger partial charge on any atom is -0.346 e. The number of nitrogens with zero attached hydrogens (tertiary/aromatic N) is 3. The molecular formula is C23H24N4O2. The fourth-order valence-corrected chi connectivity index (χ4v) is 3.65. The summed E-state index contributed by atoms with van der Waals surface area (Å²) in [7, 11) is 3.80. The summed E-state index contributed by atoms with van der Waals surface area (Å²) in [6.07, 6.45) is 4.95. The molecule has 0 spiro atoms. The van der Waals surface area contributed by atoms with Crippen LogP contribution < -0.4 is 5.32 Å². The molecule has 1 aliphatic rings. The lowest BCUT2D eigenvalue weighted by atomic mass is 9.86. The van der Waals surface area contributed by atoms with Gasteiger partial charge in [0.25, 0.3) is 0 Å². The van der Waals surface area contributed by atoms with Crippen LogP contribution in [0, 0.1) is 0 Å². The molecule has 6 heteroatoms. The number of nitrogens with one attached hydrogen (secondary N) is 1. The van der Waals surface area contributed by atoms with Crippen LogP contribution in [0.5, 0.6) is 0 Å². The van der Waals surface area contributed by atoms with Crippen molar-refractivity contribution in [3.8, 4) is 0 Å². The highest BCUT2D eigenvalue weighted by Gasteiger charge is 2.39. The molecule has 0 atom stereocenters. The molecule has 2 aromatic heterocycles. The molecular weight excluding hydrogens is 364 g/mol. The number of carbonyl (C=O) groups is 2. The lowest BCUT2D eigenvalue weighted by molar-refractivity contribution is -0.125. The Kier molecular flexibility index (Phi) is 4.49. The highest BCUT2D eigenvalue weighted by Crippen LogP contribution is 2.36. The number of hydrogen-bond acceptors (Lipinski definition) is 3. The van der Waals surface area contributed by atoms with Crippen molar-refractivity contribution >= 4 is 34.6 Å². The lowest BCUT2D eigenvalue weighted by Crippen LogP contribution is -2.26. The fraction of sp³-hybridized carbons (Fsp3) is 0.261. The Labute approximate surface area is 169 Å². The number of para-hydroxylation sites is 1. The quantitative estimate of drug-likeness (QED) is 0.696. The summed E-state index contributed by atoms with van der Waals surface area (Å²) in [6.45, 7) is 4.25. The van der Waals surface area contributed by atoms with Gasteiger partial charge in [-0.05, 0) is 49.1 Å². The molecule has 2 amide bonds. The first-order valence-electron chi connectivity index (χ1n) is 9.56. The SMILES string of the molecule is CN(Cc1cc2ccccc2n1C)C(=O)C=Cc1cnc2c(c1)C(C)(C)C(=O)N2. The highest BCUT2D eigenvalue weighted by atomic mass is 16.2. The molecule has 1 aromatic carbocycles. The topological polar surface area (TPSA) is 67.2 Å². The van der Waals surface area contributed by atoms with Gasteiger partial charge in [0.05, 0.1) is 12.0 Å². The van der Waals surface area contributed by atoms with Crippen LogP contribution in [0.4, 0.5) is 5.82 Å². The molecule has 3 heterocycles. The van der Waals surface area contributed by atoms with Crippen LogP contribution >= 0.6 is 0 Å². The average Bonchev–Trinajstić information content (AvgIpc) is 3.13. The standard InChI is InChI=1S/C23H24N4O2/c1-23(2)18-11-15(13-24-21(18)25-22(23)29)9-10-20(28)26(3)14-17-12-16-7-5-6-8-19(16)27(17)4/h5-13H,14H2,1-4H3,(H,24,25,29). The van der Waals surface area contributed by atoms with E-state index in [2.05, 4.69) is 33.1 Å². The summed E-state index contributed by atoms with van der Waals surface area (Å²) in [5, 5.41) is 3.95. The number of benzene rings is 1. The molecule has 1 N–H and O–H groups in total. The van der Waals surface area contributed by atoms with Crippen molar-refractivity contribution in [1.82, 2.24) is 14.5 Å². The number of anilines is 1. The third kappa shape index (κ3) is 3.31. The van der Waals surface area contributed by atoms with E-state index in [9.17, 15) is 9.59 Å². The molecule has 4 rings (SSSR count). The molecule has 0 saturated heterocycles. The van der Waals surface area contributed by atoms with Crippen LogP contribution in [0.25, 0.3) is 17.0 Å². The molecule has 148 valence electrons. The fourth-order valence-electron chi connectivity index (χ4n) is 3.65. The van der Waals surface area contributed by atoms with Crippen molar-refractivity contribution in [2.75, 3.05) is 12.4 Å². The number of hydrogen-bond donors (Lipinski definition) is 1. The smallest absolute Gasteiger partial charge is 0.246 e. The Balaban J connectivity index is 1.49. The maximum atomic E-state index is 12.6. The normalized spacial score (nSPS) is 15.0. The second kappa shape index (κ2) is 6.88. The summed E-state index contributed by atoms with van der Waals surface area (Å²) >= 11 is 0. The number of pyridine rings is 1. The van der Waals surface area contributed by atoms with Crippen molar-refractivity contribution < 1.29 is 9.59 Å². The average molecular weight is 388 g/mol. The van der Waals surface area contributed by atoms with E-state index in [4.69, 9.17) is 0 Å². The zero-order valence-corrected chi connectivity index (χ0v) is 17.1. The van der Waals surface area contributed by atoms with Gasteiger partial charge in [-0.1, -0.05) is 18.2 Å². The zero-order chi connectivity index (χ0) is 20.8. The van der Waals surface area contributed by atoms with Gasteiger partial charge in [0, 0.05) is 43.1 Å². The van der Waals surface area contributed by atoms with E-state index in [-0.39, 0.29) is 11.8 Å². The minimum atomic E-state index is -0.623. The van der Waals surface area contributed by atoms with Gasteiger partial charge < -0.3 is 14.8 Å². The monoisotopic (exact) mass is 388 g/mol. The molecule has 0 saturated carbocycles. The molecule has 0 unspecified atom stereocenters. The van der Waals surface area contributed by atoms with Crippen LogP contribution in [0.1, 0.15) is 30.7 Å². The van der Waals surface area contributed by atoms with Crippen LogP contribution in [0.2, 0.25) is 0 Å². The molecule has 0 aliphatic carbocycles. The second-order valence-electron chi connectivity index (χ2n) is 8.03. The van der Waals surface area contributed by atoms with Crippen molar-refractivity contribution in [3.63, 3.8) is 0 Å². The molecule has 0 fully saturated rings. The van der Waals surface area contributed by atoms with Gasteiger partial charge in [0.1, 0.15) is 5.82 Å². The summed E-state index contributed by atoms with van der Waals surface area (Å²) in [6, 6.07) is 12.2. The lowest BCUT2D eigenvalue weighted by Gasteiger charge is -2.16. The number of rotatable bonds is 4. The van der Waals surface area contributed by atoms with Gasteiger partial charge in [0.2, 0.25) is 11.8 Å². The third-order valence-corrected chi connectivity index (χ3v) is 5.63. The predicted molar refractivity (Wildman–Crippen MR) is 114 cm³/mol. The minimum absolute atomic E-state index is 0.0631. The van der Waals surface area contributed by atoms with Gasteiger partial charge in [-0.25, -0.2) is 4.98 Å². The number of fused-ring (bicyclic) bond motifs is 2. The van der Waals surface area contributed by atoms with E-state index in [1.165, 1.54) is 0 Å². The van der Waals surface area contributed by atoms with Gasteiger partial charge in [-0.3, -0.25) is 9.59 Å². The van der Waals surface area contributed by atoms with E-state index in [1.807, 2.05) is 39.1 Å². The summed E-state index contributed by atoms with van der Waals surface area (Å²) in [5.41, 5.74) is 3.23. The molecule has 0 bridgehead atoms. The predicted octanol–water partition coefficient (Wildman–Crippen LogP) is 3.47. The summed E-state index contributed by atoms with van der Waals surface area (Å²) in [4.78, 5) is 30.7. The molecule has 1 aliphatic heterocycles. The summed E-state index contributed by atoms with van der Waals surface area (Å²) < 4.78 is 2.11. The third-order valence-electron chi connectivity index (χ3n) is 5.63. The molecule has 6 nitrogen and oxygen atoms in total. The van der Waals surface area contributed by atoms with E-state index in [0.29, 0.717) is 12.4 Å². The first-order chi connectivity index (χ1) is 13.8. The second-order valence-corrected chi connectivity index (χ2v) is 8.03. The van der Waals surface area contributed by atoms with E-state index >= 15 is 0 Å². The van der Waals surface area contributed by atoms with Gasteiger partial charge in [0.15, 0.2) is 0 Å². The number of amides is 2. The molecule has 0 radical (unpaired) electrons. The Hall–Kier alpha value is -3.41. The Morgan fingerprint density at radius 3 is 2.79 bits per heavy atom. The van der Waals surface area contributed by atoms with Crippen molar-refractivity contribution in [1.29, 1.82) is 0 Å². The summed E-state index contributed by atoms with van der Waals surface area (Å²) in [5.74, 6) is 0.437. The molecule has 29 heavy (non-hydrogen) atoms. The number of aromatic nitrogens is 2. The maximum Gasteiger partial charge on any atom is 0.246 e. The van der Waals surface area contributed by atoms with Crippen LogP contribution in [-0.4, -0.2) is 33.3 Å². The van der Waals surface area contributed by atoms with E-state index in [1.54, 1.807) is 30.3 Å². The Morgan fingerprint density at radius 1 is 1.28 bits per heavy atom. The van der Waals surface area contributed by atoms with Crippen molar-refractivity contribution in [2.24, 2.45) is 7.05 Å². The maximum absolute atomic E-state index is 12.6. The largest absolute Gasteiger partial charge is 0.346 e. The Bertz CT molecular complexity index is 1160. The van der Waals surface area contributed by atoms with E-state index in [0.717, 1.165) is 27.7 Å². The Morgan fingerprint density at radius 2 is 2.03 bits per heavy atom. The first kappa shape index (κ1) is 18.9. The number of likely N-dealkylation sites (N-methyl/N-ethyl adjacent to an activating group) is 1. The zero-order valence-electron chi connectivity index (χ0n) is 17.1.